The van der Waals surface area contributed by atoms with Crippen LogP contribution >= 0.6 is 0 Å². The number of nitrogens with zero attached hydrogens (tertiary/aromatic N) is 3. The average Bonchev–Trinajstić information content (AvgIpc) is 2.88. The van der Waals surface area contributed by atoms with Gasteiger partial charge in [-0.05, 0) is 62.6 Å². The second kappa shape index (κ2) is 6.78. The lowest BCUT2D eigenvalue weighted by Crippen LogP contribution is -2.01. The Hall–Kier alpha value is -3.12. The van der Waals surface area contributed by atoms with Gasteiger partial charge < -0.3 is 4.57 Å². The van der Waals surface area contributed by atoms with E-state index in [9.17, 15) is 5.26 Å². The van der Waals surface area contributed by atoms with Crippen LogP contribution in [0.2, 0.25) is 0 Å². The monoisotopic (exact) mass is 327 g/mol. The molecule has 0 aliphatic heterocycles. The fourth-order valence-corrected chi connectivity index (χ4v) is 2.95. The molecule has 3 rings (SSSR count). The third-order valence-electron chi connectivity index (χ3n) is 4.38. The lowest BCUT2D eigenvalue weighted by Gasteiger charge is -2.08. The fraction of sp³-hybridized carbons (Fsp3) is 0.182. The maximum absolute atomic E-state index is 9.59. The summed E-state index contributed by atoms with van der Waals surface area (Å²) in [6, 6.07) is 16.5. The van der Waals surface area contributed by atoms with Gasteiger partial charge in [-0.25, -0.2) is 4.98 Å². The topological polar surface area (TPSA) is 41.6 Å². The van der Waals surface area contributed by atoms with Crippen LogP contribution < -0.4 is 0 Å². The molecular formula is C22H21N3. The molecule has 0 fully saturated rings. The molecule has 3 heteroatoms. The van der Waals surface area contributed by atoms with Crippen molar-refractivity contribution in [1.29, 1.82) is 5.26 Å². The minimum Gasteiger partial charge on any atom is -0.303 e. The average molecular weight is 327 g/mol. The summed E-state index contributed by atoms with van der Waals surface area (Å²) in [5.74, 6) is 0.897. The minimum absolute atomic E-state index is 0.664. The first-order valence-corrected chi connectivity index (χ1v) is 8.30. The van der Waals surface area contributed by atoms with Crippen LogP contribution in [0.3, 0.4) is 0 Å². The van der Waals surface area contributed by atoms with E-state index in [-0.39, 0.29) is 0 Å². The third-order valence-corrected chi connectivity index (χ3v) is 4.38. The Labute approximate surface area is 148 Å². The summed E-state index contributed by atoms with van der Waals surface area (Å²) in [6.07, 6.45) is 3.83. The predicted molar refractivity (Wildman–Crippen MR) is 102 cm³/mol. The zero-order valence-corrected chi connectivity index (χ0v) is 15.0. The molecule has 0 saturated heterocycles. The summed E-state index contributed by atoms with van der Waals surface area (Å²) in [5, 5.41) is 9.59. The summed E-state index contributed by atoms with van der Waals surface area (Å²) < 4.78 is 2.12. The van der Waals surface area contributed by atoms with Gasteiger partial charge in [-0.3, -0.25) is 0 Å². The van der Waals surface area contributed by atoms with Crippen molar-refractivity contribution in [2.45, 2.75) is 27.7 Å². The van der Waals surface area contributed by atoms with E-state index in [1.165, 1.54) is 5.56 Å². The SMILES string of the molecule is Cc1ccc(/C(C#N)=C\c2cc(C)n(-c3ccc(C)cn3)c2C)cc1. The second-order valence-electron chi connectivity index (χ2n) is 6.39. The number of benzene rings is 1. The number of hydrogen-bond donors (Lipinski definition) is 0. The Bertz CT molecular complexity index is 966. The van der Waals surface area contributed by atoms with Gasteiger partial charge in [0.2, 0.25) is 0 Å². The van der Waals surface area contributed by atoms with Crippen LogP contribution in [0.4, 0.5) is 0 Å². The first kappa shape index (κ1) is 16.7. The fourth-order valence-electron chi connectivity index (χ4n) is 2.95. The van der Waals surface area contributed by atoms with Gasteiger partial charge in [-0.15, -0.1) is 0 Å². The van der Waals surface area contributed by atoms with E-state index in [4.69, 9.17) is 0 Å². The summed E-state index contributed by atoms with van der Waals surface area (Å²) in [6.45, 7) is 8.19. The van der Waals surface area contributed by atoms with E-state index in [1.807, 2.05) is 56.5 Å². The number of nitriles is 1. The Morgan fingerprint density at radius 3 is 2.28 bits per heavy atom. The summed E-state index contributed by atoms with van der Waals surface area (Å²) in [7, 11) is 0. The van der Waals surface area contributed by atoms with Gasteiger partial charge in [0.05, 0.1) is 11.6 Å². The van der Waals surface area contributed by atoms with Gasteiger partial charge >= 0.3 is 0 Å². The molecule has 3 nitrogen and oxygen atoms in total. The zero-order chi connectivity index (χ0) is 18.0. The Balaban J connectivity index is 2.06. The van der Waals surface area contributed by atoms with E-state index < -0.39 is 0 Å². The maximum Gasteiger partial charge on any atom is 0.136 e. The molecule has 2 aromatic heterocycles. The highest BCUT2D eigenvalue weighted by Crippen LogP contribution is 2.25. The molecule has 0 radical (unpaired) electrons. The lowest BCUT2D eigenvalue weighted by atomic mass is 10.0. The first-order valence-electron chi connectivity index (χ1n) is 8.30. The number of allylic oxidation sites excluding steroid dienone is 1. The standard InChI is InChI=1S/C22H21N3/c1-15-5-8-19(9-6-15)21(13-23)12-20-11-17(3)25(18(20)4)22-10-7-16(2)14-24-22/h5-12,14H,1-4H3/b21-12-. The summed E-state index contributed by atoms with van der Waals surface area (Å²) >= 11 is 0. The van der Waals surface area contributed by atoms with Crippen LogP contribution in [0, 0.1) is 39.0 Å². The van der Waals surface area contributed by atoms with Crippen LogP contribution in [-0.4, -0.2) is 9.55 Å². The van der Waals surface area contributed by atoms with Crippen LogP contribution in [0.15, 0.2) is 48.7 Å². The van der Waals surface area contributed by atoms with Gasteiger partial charge in [-0.2, -0.15) is 5.26 Å². The Morgan fingerprint density at radius 2 is 1.68 bits per heavy atom. The lowest BCUT2D eigenvalue weighted by molar-refractivity contribution is 0.918. The number of pyridine rings is 1. The van der Waals surface area contributed by atoms with Crippen molar-refractivity contribution in [2.24, 2.45) is 0 Å². The molecule has 0 bridgehead atoms. The molecule has 0 spiro atoms. The van der Waals surface area contributed by atoms with Crippen molar-refractivity contribution in [3.8, 4) is 11.9 Å². The highest BCUT2D eigenvalue weighted by Gasteiger charge is 2.11. The third kappa shape index (κ3) is 3.39. The van der Waals surface area contributed by atoms with Gasteiger partial charge in [0.15, 0.2) is 0 Å². The molecule has 25 heavy (non-hydrogen) atoms. The molecule has 0 atom stereocenters. The van der Waals surface area contributed by atoms with E-state index in [0.29, 0.717) is 5.57 Å². The van der Waals surface area contributed by atoms with Crippen LogP contribution in [0.25, 0.3) is 17.5 Å². The first-order chi connectivity index (χ1) is 12.0. The van der Waals surface area contributed by atoms with Crippen molar-refractivity contribution in [3.63, 3.8) is 0 Å². The number of aryl methyl sites for hydroxylation is 3. The molecule has 0 aliphatic rings. The summed E-state index contributed by atoms with van der Waals surface area (Å²) in [4.78, 5) is 4.53. The Kier molecular flexibility index (Phi) is 4.54. The highest BCUT2D eigenvalue weighted by atomic mass is 15.1. The van der Waals surface area contributed by atoms with Crippen molar-refractivity contribution >= 4 is 11.6 Å². The van der Waals surface area contributed by atoms with Crippen LogP contribution in [0.1, 0.15) is 33.6 Å². The molecule has 1 aromatic carbocycles. The number of aromatic nitrogens is 2. The number of rotatable bonds is 3. The molecule has 0 amide bonds. The normalized spacial score (nSPS) is 11.4. The van der Waals surface area contributed by atoms with E-state index in [1.54, 1.807) is 0 Å². The molecule has 0 aliphatic carbocycles. The molecular weight excluding hydrogens is 306 g/mol. The summed E-state index contributed by atoms with van der Waals surface area (Å²) in [5.41, 5.74) is 7.14. The highest BCUT2D eigenvalue weighted by molar-refractivity contribution is 5.90. The molecule has 0 unspecified atom stereocenters. The van der Waals surface area contributed by atoms with Crippen molar-refractivity contribution in [1.82, 2.24) is 9.55 Å². The quantitative estimate of drug-likeness (QED) is 0.623. The minimum atomic E-state index is 0.664. The van der Waals surface area contributed by atoms with Crippen molar-refractivity contribution in [3.05, 3.63) is 82.3 Å². The van der Waals surface area contributed by atoms with Gasteiger partial charge in [0.25, 0.3) is 0 Å². The van der Waals surface area contributed by atoms with Gasteiger partial charge in [-0.1, -0.05) is 35.9 Å². The Morgan fingerprint density at radius 1 is 1.00 bits per heavy atom. The van der Waals surface area contributed by atoms with Gasteiger partial charge in [0, 0.05) is 17.6 Å². The zero-order valence-electron chi connectivity index (χ0n) is 15.0. The van der Waals surface area contributed by atoms with E-state index >= 15 is 0 Å². The predicted octanol–water partition coefficient (Wildman–Crippen LogP) is 5.17. The maximum atomic E-state index is 9.59. The van der Waals surface area contributed by atoms with Gasteiger partial charge in [0.1, 0.15) is 5.82 Å². The van der Waals surface area contributed by atoms with Crippen LogP contribution in [0.5, 0.6) is 0 Å². The van der Waals surface area contributed by atoms with E-state index in [0.717, 1.165) is 33.9 Å². The van der Waals surface area contributed by atoms with E-state index in [2.05, 4.69) is 41.6 Å². The molecule has 0 N–H and O–H groups in total. The van der Waals surface area contributed by atoms with Crippen molar-refractivity contribution < 1.29 is 0 Å². The smallest absolute Gasteiger partial charge is 0.136 e. The number of hydrogen-bond acceptors (Lipinski definition) is 2. The molecule has 3 aromatic rings. The largest absolute Gasteiger partial charge is 0.303 e. The second-order valence-corrected chi connectivity index (χ2v) is 6.39. The van der Waals surface area contributed by atoms with Crippen molar-refractivity contribution in [2.75, 3.05) is 0 Å². The molecule has 2 heterocycles. The molecule has 0 saturated carbocycles. The molecule has 124 valence electrons. The van der Waals surface area contributed by atoms with Crippen LogP contribution in [-0.2, 0) is 0 Å².